The van der Waals surface area contributed by atoms with Crippen molar-refractivity contribution >= 4 is 11.6 Å². The molecule has 2 rings (SSSR count). The van der Waals surface area contributed by atoms with Crippen LogP contribution in [0.4, 0.5) is 5.69 Å². The monoisotopic (exact) mass is 356 g/mol. The number of carbonyl (C=O) groups is 1. The lowest BCUT2D eigenvalue weighted by molar-refractivity contribution is -0.119. The lowest BCUT2D eigenvalue weighted by atomic mass is 10.3. The summed E-state index contributed by atoms with van der Waals surface area (Å²) >= 11 is 0. The van der Waals surface area contributed by atoms with Gasteiger partial charge in [-0.15, -0.1) is 13.2 Å². The third kappa shape index (κ3) is 3.64. The molecule has 0 aliphatic heterocycles. The molecule has 1 aromatic heterocycles. The average molecular weight is 356 g/mol. The Balaban J connectivity index is 2.52. The first kappa shape index (κ1) is 18.9. The zero-order valence-electron chi connectivity index (χ0n) is 14.5. The van der Waals surface area contributed by atoms with Gasteiger partial charge in [-0.3, -0.25) is 4.79 Å². The van der Waals surface area contributed by atoms with Crippen LogP contribution in [0.25, 0.3) is 0 Å². The summed E-state index contributed by atoms with van der Waals surface area (Å²) < 4.78 is 2.46. The number of allylic oxidation sites excluding steroid dienone is 2. The van der Waals surface area contributed by atoms with Crippen LogP contribution in [0.5, 0.6) is 0 Å². The third-order valence-electron chi connectivity index (χ3n) is 3.82. The van der Waals surface area contributed by atoms with Gasteiger partial charge in [-0.2, -0.15) is 0 Å². The molecule has 0 aliphatic carbocycles. The molecule has 8 nitrogen and oxygen atoms in total. The van der Waals surface area contributed by atoms with E-state index in [4.69, 9.17) is 0 Å². The van der Waals surface area contributed by atoms with Crippen molar-refractivity contribution in [2.24, 2.45) is 0 Å². The van der Waals surface area contributed by atoms with E-state index >= 15 is 0 Å². The highest BCUT2D eigenvalue weighted by Crippen LogP contribution is 2.11. The third-order valence-corrected chi connectivity index (χ3v) is 3.82. The SMILES string of the molecule is C=CCn1c(=O)n(CC=C)c(=O)n(CC(=O)N(C)c2ccccc2)c1=O. The number of para-hydroxylation sites is 1. The Kier molecular flexibility index (Phi) is 5.90. The zero-order chi connectivity index (χ0) is 19.3. The zero-order valence-corrected chi connectivity index (χ0v) is 14.5. The summed E-state index contributed by atoms with van der Waals surface area (Å²) in [4.78, 5) is 51.2. The maximum Gasteiger partial charge on any atom is 0.337 e. The van der Waals surface area contributed by atoms with E-state index in [1.165, 1.54) is 17.1 Å². The molecular weight excluding hydrogens is 336 g/mol. The van der Waals surface area contributed by atoms with Gasteiger partial charge in [0.15, 0.2) is 0 Å². The molecule has 0 N–H and O–H groups in total. The van der Waals surface area contributed by atoms with Gasteiger partial charge in [0.25, 0.3) is 0 Å². The first-order valence-corrected chi connectivity index (χ1v) is 7.90. The minimum Gasteiger partial charge on any atom is -0.314 e. The standard InChI is InChI=1S/C18H20N4O4/c1-4-11-20-16(24)21(12-5-2)18(26)22(17(20)25)13-15(23)19(3)14-9-7-6-8-10-14/h4-10H,1-2,11-13H2,3H3. The van der Waals surface area contributed by atoms with Gasteiger partial charge in [0.2, 0.25) is 5.91 Å². The highest BCUT2D eigenvalue weighted by molar-refractivity contribution is 5.92. The van der Waals surface area contributed by atoms with Crippen LogP contribution in [0.15, 0.2) is 70.0 Å². The van der Waals surface area contributed by atoms with Gasteiger partial charge in [0.05, 0.1) is 13.1 Å². The molecule has 1 heterocycles. The number of hydrogen-bond donors (Lipinski definition) is 0. The van der Waals surface area contributed by atoms with E-state index in [1.54, 1.807) is 31.3 Å². The molecule has 0 aliphatic rings. The number of aromatic nitrogens is 3. The molecule has 0 spiro atoms. The van der Waals surface area contributed by atoms with Crippen LogP contribution in [-0.2, 0) is 24.4 Å². The molecular formula is C18H20N4O4. The molecule has 8 heteroatoms. The predicted octanol–water partition coefficient (Wildman–Crippen LogP) is 0.207. The van der Waals surface area contributed by atoms with Crippen LogP contribution in [0.3, 0.4) is 0 Å². The van der Waals surface area contributed by atoms with Gasteiger partial charge in [0, 0.05) is 12.7 Å². The van der Waals surface area contributed by atoms with E-state index in [0.29, 0.717) is 5.69 Å². The Hall–Kier alpha value is -3.42. The van der Waals surface area contributed by atoms with Gasteiger partial charge in [-0.05, 0) is 12.1 Å². The Morgan fingerprint density at radius 2 is 1.38 bits per heavy atom. The number of benzene rings is 1. The first-order chi connectivity index (χ1) is 12.4. The molecule has 2 aromatic rings. The van der Waals surface area contributed by atoms with Crippen molar-refractivity contribution in [3.05, 3.63) is 87.1 Å². The molecule has 0 unspecified atom stereocenters. The smallest absolute Gasteiger partial charge is 0.314 e. The quantitative estimate of drug-likeness (QED) is 0.664. The molecule has 1 amide bonds. The van der Waals surface area contributed by atoms with E-state index < -0.39 is 29.5 Å². The summed E-state index contributed by atoms with van der Waals surface area (Å²) in [5.74, 6) is -0.468. The molecule has 0 atom stereocenters. The summed E-state index contributed by atoms with van der Waals surface area (Å²) in [5.41, 5.74) is -1.85. The second kappa shape index (κ2) is 8.11. The average Bonchev–Trinajstić information content (AvgIpc) is 2.65. The Bertz CT molecular complexity index is 950. The number of amides is 1. The normalized spacial score (nSPS) is 10.3. The minimum absolute atomic E-state index is 0.0716. The van der Waals surface area contributed by atoms with Crippen LogP contribution in [0.1, 0.15) is 0 Å². The molecule has 0 saturated heterocycles. The lowest BCUT2D eigenvalue weighted by Crippen LogP contribution is -2.55. The van der Waals surface area contributed by atoms with Gasteiger partial charge < -0.3 is 4.90 Å². The number of nitrogens with zero attached hydrogens (tertiary/aromatic N) is 4. The molecule has 26 heavy (non-hydrogen) atoms. The number of carbonyl (C=O) groups excluding carboxylic acids is 1. The summed E-state index contributed by atoms with van der Waals surface area (Å²) in [5, 5.41) is 0. The summed E-state index contributed by atoms with van der Waals surface area (Å²) in [6, 6.07) is 8.81. The highest BCUT2D eigenvalue weighted by Gasteiger charge is 2.18. The fourth-order valence-electron chi connectivity index (χ4n) is 2.43. The number of rotatable bonds is 7. The van der Waals surface area contributed by atoms with Crippen LogP contribution in [0, 0.1) is 0 Å². The number of likely N-dealkylation sites (N-methyl/N-ethyl adjacent to an activating group) is 1. The van der Waals surface area contributed by atoms with Gasteiger partial charge in [-0.1, -0.05) is 30.4 Å². The second-order valence-corrected chi connectivity index (χ2v) is 5.52. The van der Waals surface area contributed by atoms with Crippen molar-refractivity contribution in [2.75, 3.05) is 11.9 Å². The fraction of sp³-hybridized carbons (Fsp3) is 0.222. The number of anilines is 1. The number of hydrogen-bond acceptors (Lipinski definition) is 4. The van der Waals surface area contributed by atoms with Crippen LogP contribution in [0.2, 0.25) is 0 Å². The van der Waals surface area contributed by atoms with Gasteiger partial charge >= 0.3 is 17.1 Å². The van der Waals surface area contributed by atoms with Crippen molar-refractivity contribution in [3.8, 4) is 0 Å². The predicted molar refractivity (Wildman–Crippen MR) is 99.5 cm³/mol. The van der Waals surface area contributed by atoms with Gasteiger partial charge in [-0.25, -0.2) is 28.1 Å². The molecule has 0 saturated carbocycles. The summed E-state index contributed by atoms with van der Waals surface area (Å²) in [7, 11) is 1.55. The topological polar surface area (TPSA) is 86.3 Å². The van der Waals surface area contributed by atoms with Crippen molar-refractivity contribution in [3.63, 3.8) is 0 Å². The summed E-state index contributed by atoms with van der Waals surface area (Å²) in [6.45, 7) is 6.38. The second-order valence-electron chi connectivity index (χ2n) is 5.52. The maximum atomic E-state index is 12.5. The molecule has 136 valence electrons. The van der Waals surface area contributed by atoms with Crippen LogP contribution < -0.4 is 22.0 Å². The van der Waals surface area contributed by atoms with E-state index in [9.17, 15) is 19.2 Å². The van der Waals surface area contributed by atoms with E-state index in [-0.39, 0.29) is 13.1 Å². The van der Waals surface area contributed by atoms with Crippen molar-refractivity contribution in [1.29, 1.82) is 0 Å². The summed E-state index contributed by atoms with van der Waals surface area (Å²) in [6.07, 6.45) is 2.74. The highest BCUT2D eigenvalue weighted by atomic mass is 16.2. The Morgan fingerprint density at radius 1 is 0.923 bits per heavy atom. The van der Waals surface area contributed by atoms with Crippen LogP contribution >= 0.6 is 0 Å². The molecule has 1 aromatic carbocycles. The minimum atomic E-state index is -0.852. The molecule has 0 fully saturated rings. The molecule has 0 radical (unpaired) electrons. The van der Waals surface area contributed by atoms with Gasteiger partial charge in [0.1, 0.15) is 6.54 Å². The first-order valence-electron chi connectivity index (χ1n) is 7.90. The largest absolute Gasteiger partial charge is 0.337 e. The van der Waals surface area contributed by atoms with Crippen molar-refractivity contribution in [2.45, 2.75) is 19.6 Å². The van der Waals surface area contributed by atoms with E-state index in [2.05, 4.69) is 13.2 Å². The van der Waals surface area contributed by atoms with Crippen LogP contribution in [-0.4, -0.2) is 26.7 Å². The van der Waals surface area contributed by atoms with E-state index in [1.807, 2.05) is 6.07 Å². The fourth-order valence-corrected chi connectivity index (χ4v) is 2.43. The lowest BCUT2D eigenvalue weighted by Gasteiger charge is -2.18. The van der Waals surface area contributed by atoms with Crippen molar-refractivity contribution < 1.29 is 4.79 Å². The van der Waals surface area contributed by atoms with Crippen molar-refractivity contribution in [1.82, 2.24) is 13.7 Å². The van der Waals surface area contributed by atoms with E-state index in [0.717, 1.165) is 13.7 Å². The Morgan fingerprint density at radius 3 is 1.85 bits per heavy atom. The Labute approximate surface area is 149 Å². The molecule has 0 bridgehead atoms. The maximum absolute atomic E-state index is 12.5.